The largest absolute Gasteiger partial charge is 0.486 e. The second-order valence-corrected chi connectivity index (χ2v) is 23.2. The van der Waals surface area contributed by atoms with Crippen molar-refractivity contribution < 1.29 is 24.5 Å². The van der Waals surface area contributed by atoms with Gasteiger partial charge in [-0.1, -0.05) is 41.3 Å². The number of aryl methyl sites for hydroxylation is 2. The first kappa shape index (κ1) is 32.6. The van der Waals surface area contributed by atoms with E-state index >= 15 is 0 Å². The van der Waals surface area contributed by atoms with Crippen LogP contribution in [0.3, 0.4) is 0 Å². The van der Waals surface area contributed by atoms with Crippen LogP contribution in [0.1, 0.15) is 11.3 Å². The van der Waals surface area contributed by atoms with Crippen LogP contribution in [-0.4, -0.2) is 32.8 Å². The normalized spacial score (nSPS) is 11.3. The van der Waals surface area contributed by atoms with Gasteiger partial charge in [-0.2, -0.15) is 0 Å². The van der Waals surface area contributed by atoms with Crippen LogP contribution in [0.25, 0.3) is 61.4 Å². The Morgan fingerprint density at radius 2 is 1.53 bits per heavy atom. The second-order valence-electron chi connectivity index (χ2n) is 12.6. The summed E-state index contributed by atoms with van der Waals surface area (Å²) in [4.78, 5) is 14.1. The fourth-order valence-corrected chi connectivity index (χ4v) is 7.74. The third-order valence-electron chi connectivity index (χ3n) is 8.11. The van der Waals surface area contributed by atoms with Gasteiger partial charge < -0.3 is 8.98 Å². The Labute approximate surface area is 291 Å². The van der Waals surface area contributed by atoms with Gasteiger partial charge in [0.25, 0.3) is 0 Å². The number of benzene rings is 4. The van der Waals surface area contributed by atoms with Crippen molar-refractivity contribution in [3.63, 3.8) is 0 Å². The number of hydrogen-bond donors (Lipinski definition) is 0. The third kappa shape index (κ3) is 6.59. The molecule has 0 N–H and O–H groups in total. The number of para-hydroxylation sites is 3. The molecule has 0 unspecified atom stereocenters. The van der Waals surface area contributed by atoms with Crippen LogP contribution in [0.2, 0.25) is 17.3 Å². The number of pyridine rings is 2. The predicted molar refractivity (Wildman–Crippen MR) is 191 cm³/mol. The average molecular weight is 852 g/mol. The van der Waals surface area contributed by atoms with E-state index in [4.69, 9.17) is 9.40 Å². The maximum Gasteiger partial charge on any atom is 0.216 e. The molecule has 0 aliphatic heterocycles. The minimum Gasteiger partial charge on any atom is -0.486 e. The topological polar surface area (TPSA) is 56.7 Å². The maximum atomic E-state index is 6.21. The van der Waals surface area contributed by atoms with E-state index in [1.54, 1.807) is 0 Å². The molecule has 8 rings (SSSR count). The molecule has 1 radical (unpaired) electrons. The average Bonchev–Trinajstić information content (AvgIpc) is 3.64. The zero-order chi connectivity index (χ0) is 31.8. The number of imidazole rings is 1. The molecule has 0 amide bonds. The number of nitrogens with zero attached hydrogens (tertiary/aromatic N) is 4. The van der Waals surface area contributed by atoms with E-state index in [1.165, 1.54) is 9.96 Å². The molecule has 4 aromatic heterocycles. The van der Waals surface area contributed by atoms with Crippen LogP contribution in [-0.2, 0) is 20.1 Å². The van der Waals surface area contributed by atoms with Gasteiger partial charge in [0.15, 0.2) is 0 Å². The van der Waals surface area contributed by atoms with Gasteiger partial charge in [-0.05, 0) is 43.3 Å². The first-order chi connectivity index (χ1) is 22.3. The fraction of sp³-hybridized carbons (Fsp3) is 0.125. The number of rotatable bonds is 4. The SMILES string of the molecule is Cc1c[c-]c(-c2cc[c]([Ge]([CH3])([CH3])[CH3])cn2)cc1.Cc1ccc2c(n1)oc1c(-c3nc4ccccc4n3-c3ccccc3)[c-]ccc12.[Ir]. The molecule has 0 aliphatic rings. The summed E-state index contributed by atoms with van der Waals surface area (Å²) < 4.78 is 9.81. The first-order valence-corrected chi connectivity index (χ1v) is 22.8. The molecule has 0 spiro atoms. The van der Waals surface area contributed by atoms with Gasteiger partial charge >= 0.3 is 106 Å². The molecule has 0 saturated carbocycles. The fourth-order valence-electron chi connectivity index (χ4n) is 5.57. The van der Waals surface area contributed by atoms with E-state index in [-0.39, 0.29) is 20.1 Å². The summed E-state index contributed by atoms with van der Waals surface area (Å²) in [6, 6.07) is 43.6. The summed E-state index contributed by atoms with van der Waals surface area (Å²) in [7, 11) is 0. The van der Waals surface area contributed by atoms with Crippen molar-refractivity contribution in [1.29, 1.82) is 0 Å². The molecule has 0 bridgehead atoms. The van der Waals surface area contributed by atoms with Gasteiger partial charge in [0.05, 0.1) is 22.4 Å². The number of fused-ring (bicyclic) bond motifs is 4. The number of aromatic nitrogens is 4. The summed E-state index contributed by atoms with van der Waals surface area (Å²) >= 11 is -1.73. The molecule has 4 heterocycles. The van der Waals surface area contributed by atoms with Crippen LogP contribution >= 0.6 is 0 Å². The van der Waals surface area contributed by atoms with Gasteiger partial charge in [0.1, 0.15) is 0 Å². The van der Waals surface area contributed by atoms with Gasteiger partial charge in [-0.3, -0.25) is 4.98 Å². The van der Waals surface area contributed by atoms with Crippen LogP contribution in [0.4, 0.5) is 0 Å². The molecule has 0 fully saturated rings. The van der Waals surface area contributed by atoms with Crippen molar-refractivity contribution in [2.45, 2.75) is 31.1 Å². The van der Waals surface area contributed by atoms with E-state index in [0.29, 0.717) is 5.71 Å². The quantitative estimate of drug-likeness (QED) is 0.131. The van der Waals surface area contributed by atoms with Gasteiger partial charge in [-0.15, -0.1) is 18.2 Å². The summed E-state index contributed by atoms with van der Waals surface area (Å²) in [5, 5.41) is 2.02. The van der Waals surface area contributed by atoms with E-state index in [2.05, 4.69) is 99.4 Å². The first-order valence-electron chi connectivity index (χ1n) is 15.5. The molecule has 0 aliphatic carbocycles. The molecule has 235 valence electrons. The smallest absolute Gasteiger partial charge is 0.216 e. The van der Waals surface area contributed by atoms with Crippen molar-refractivity contribution in [3.8, 4) is 28.3 Å². The molecular formula is C40H34GeIrN4O-2. The maximum absolute atomic E-state index is 6.21. The Bertz CT molecular complexity index is 2300. The van der Waals surface area contributed by atoms with Crippen molar-refractivity contribution in [2.24, 2.45) is 0 Å². The summed E-state index contributed by atoms with van der Waals surface area (Å²) in [6.07, 6.45) is 2.04. The van der Waals surface area contributed by atoms with Crippen LogP contribution in [0.15, 0.2) is 120 Å². The zero-order valence-corrected chi connectivity index (χ0v) is 31.5. The zero-order valence-electron chi connectivity index (χ0n) is 27.0. The molecule has 5 nitrogen and oxygen atoms in total. The minimum atomic E-state index is -1.73. The molecule has 0 atom stereocenters. The Morgan fingerprint density at radius 1 is 0.745 bits per heavy atom. The Morgan fingerprint density at radius 3 is 2.26 bits per heavy atom. The molecular weight excluding hydrogens is 817 g/mol. The third-order valence-corrected chi connectivity index (χ3v) is 12.4. The van der Waals surface area contributed by atoms with E-state index in [1.807, 2.05) is 73.8 Å². The Kier molecular flexibility index (Phi) is 9.29. The molecule has 0 saturated heterocycles. The summed E-state index contributed by atoms with van der Waals surface area (Å²) in [5.74, 6) is 7.96. The van der Waals surface area contributed by atoms with Crippen molar-refractivity contribution in [2.75, 3.05) is 0 Å². The minimum absolute atomic E-state index is 0. The van der Waals surface area contributed by atoms with Crippen molar-refractivity contribution in [1.82, 2.24) is 19.5 Å². The molecule has 47 heavy (non-hydrogen) atoms. The van der Waals surface area contributed by atoms with Gasteiger partial charge in [0.2, 0.25) is 5.71 Å². The molecule has 4 aromatic carbocycles. The van der Waals surface area contributed by atoms with Crippen LogP contribution < -0.4 is 4.40 Å². The number of hydrogen-bond acceptors (Lipinski definition) is 4. The van der Waals surface area contributed by atoms with Crippen LogP contribution in [0.5, 0.6) is 0 Å². The Balaban J connectivity index is 0.000000185. The van der Waals surface area contributed by atoms with Gasteiger partial charge in [0, 0.05) is 36.9 Å². The van der Waals surface area contributed by atoms with E-state index < -0.39 is 13.3 Å². The van der Waals surface area contributed by atoms with Crippen molar-refractivity contribution >= 4 is 50.8 Å². The second kappa shape index (κ2) is 13.4. The standard InChI is InChI=1S/C25H16N3O.C15H18GeN.Ir/c1-16-14-15-19-18-10-7-11-20(23(18)29-25(19)26-16)24-27-21-12-5-6-13-22(21)28(24)17-8-3-2-4-9-17;1-12-5-7-13(8-6-12)15-10-9-14(11-17-15)16(2,3)4;/h2-10,12-15H,1H3;5-7,9-11H,1-4H3;/q2*-1;. The van der Waals surface area contributed by atoms with E-state index in [0.717, 1.165) is 61.4 Å². The van der Waals surface area contributed by atoms with Crippen molar-refractivity contribution in [3.05, 3.63) is 139 Å². The molecule has 8 aromatic rings. The van der Waals surface area contributed by atoms with Gasteiger partial charge in [-0.25, -0.2) is 4.98 Å². The Hall–Kier alpha value is -4.36. The predicted octanol–water partition coefficient (Wildman–Crippen LogP) is 9.50. The summed E-state index contributed by atoms with van der Waals surface area (Å²) in [5.41, 5.74) is 9.50. The van der Waals surface area contributed by atoms with E-state index in [9.17, 15) is 0 Å². The van der Waals surface area contributed by atoms with Crippen LogP contribution in [0, 0.1) is 26.0 Å². The summed E-state index contributed by atoms with van der Waals surface area (Å²) in [6.45, 7) is 4.04. The molecule has 7 heteroatoms. The number of furan rings is 1. The monoisotopic (exact) mass is 853 g/mol.